The van der Waals surface area contributed by atoms with Crippen molar-refractivity contribution in [2.24, 2.45) is 5.92 Å². The smallest absolute Gasteiger partial charge is 0.223 e. The van der Waals surface area contributed by atoms with Crippen LogP contribution in [0.25, 0.3) is 0 Å². The molecule has 0 saturated carbocycles. The molecule has 1 amide bonds. The molecule has 0 radical (unpaired) electrons. The van der Waals surface area contributed by atoms with Crippen molar-refractivity contribution in [2.45, 2.75) is 64.1 Å². The van der Waals surface area contributed by atoms with E-state index < -0.39 is 0 Å². The second-order valence-electron chi connectivity index (χ2n) is 8.07. The summed E-state index contributed by atoms with van der Waals surface area (Å²) in [6, 6.07) is 0. The molecule has 0 heterocycles. The van der Waals surface area contributed by atoms with Gasteiger partial charge in [-0.2, -0.15) is 0 Å². The lowest BCUT2D eigenvalue weighted by Crippen LogP contribution is -2.25. The van der Waals surface area contributed by atoms with Gasteiger partial charge in [-0.3, -0.25) is 4.79 Å². The molecule has 0 aliphatic carbocycles. The molecule has 0 unspecified atom stereocenters. The van der Waals surface area contributed by atoms with Gasteiger partial charge in [-0.05, 0) is 26.4 Å². The minimum absolute atomic E-state index is 0.0442. The van der Waals surface area contributed by atoms with Gasteiger partial charge in [0.05, 0.1) is 39.6 Å². The Bertz CT molecular complexity index is 488. The van der Waals surface area contributed by atoms with E-state index in [1.54, 1.807) is 10.8 Å². The molecule has 176 valence electrons. The normalized spacial score (nSPS) is 12.5. The highest BCUT2D eigenvalue weighted by Crippen LogP contribution is 2.39. The molecular formula is C22H42N2O4S2. The Morgan fingerprint density at radius 2 is 1.73 bits per heavy atom. The standard InChI is InChI=1S/C22H42N2O4S2/c1-19(2)9-7-13-24-20(25)11-14-26-15-16-27-17-18-28-21(10-8-12-23-6)29-30-22(3,4)5/h19,21,23H,8,10-18H2,1-6H3,(H,24,25)/t21-/m0/s1. The third kappa shape index (κ3) is 22.3. The maximum atomic E-state index is 11.6. The van der Waals surface area contributed by atoms with Crippen LogP contribution in [0.2, 0.25) is 0 Å². The molecule has 30 heavy (non-hydrogen) atoms. The second-order valence-corrected chi connectivity index (χ2v) is 11.3. The summed E-state index contributed by atoms with van der Waals surface area (Å²) in [4.78, 5) is 11.6. The van der Waals surface area contributed by atoms with E-state index in [1.165, 1.54) is 0 Å². The van der Waals surface area contributed by atoms with Gasteiger partial charge >= 0.3 is 0 Å². The topological polar surface area (TPSA) is 68.8 Å². The summed E-state index contributed by atoms with van der Waals surface area (Å²) in [5.74, 6) is 6.21. The van der Waals surface area contributed by atoms with E-state index in [4.69, 9.17) is 14.2 Å². The minimum atomic E-state index is -0.0442. The molecule has 0 aromatic rings. The number of carbonyl (C=O) groups is 1. The van der Waals surface area contributed by atoms with Gasteiger partial charge in [-0.25, -0.2) is 0 Å². The fraction of sp³-hybridized carbons (Fsp3) is 0.864. The Morgan fingerprint density at radius 3 is 2.37 bits per heavy atom. The van der Waals surface area contributed by atoms with Crippen LogP contribution in [-0.2, 0) is 19.0 Å². The van der Waals surface area contributed by atoms with Crippen molar-refractivity contribution in [3.8, 4) is 11.8 Å². The largest absolute Gasteiger partial charge is 0.379 e. The highest BCUT2D eigenvalue weighted by atomic mass is 33.1. The van der Waals surface area contributed by atoms with Gasteiger partial charge in [-0.15, -0.1) is 0 Å². The van der Waals surface area contributed by atoms with Crippen LogP contribution in [-0.4, -0.2) is 69.3 Å². The maximum Gasteiger partial charge on any atom is 0.223 e. The fourth-order valence-corrected chi connectivity index (χ4v) is 4.47. The molecule has 0 saturated heterocycles. The average molecular weight is 463 g/mol. The van der Waals surface area contributed by atoms with Crippen LogP contribution in [0, 0.1) is 17.8 Å². The molecule has 0 spiro atoms. The van der Waals surface area contributed by atoms with Crippen LogP contribution in [0.3, 0.4) is 0 Å². The number of hydrogen-bond donors (Lipinski definition) is 2. The van der Waals surface area contributed by atoms with Gasteiger partial charge in [0, 0.05) is 17.1 Å². The zero-order chi connectivity index (χ0) is 22.7. The van der Waals surface area contributed by atoms with Gasteiger partial charge in [0.25, 0.3) is 0 Å². The molecule has 0 fully saturated rings. The monoisotopic (exact) mass is 462 g/mol. The van der Waals surface area contributed by atoms with Crippen LogP contribution >= 0.6 is 21.6 Å². The average Bonchev–Trinajstić information content (AvgIpc) is 2.66. The van der Waals surface area contributed by atoms with E-state index in [0.717, 1.165) is 19.4 Å². The molecule has 0 aromatic heterocycles. The summed E-state index contributed by atoms with van der Waals surface area (Å²) in [7, 11) is 5.63. The van der Waals surface area contributed by atoms with Crippen molar-refractivity contribution in [1.29, 1.82) is 0 Å². The summed E-state index contributed by atoms with van der Waals surface area (Å²) in [5, 5.41) is 5.94. The highest BCUT2D eigenvalue weighted by Gasteiger charge is 2.17. The molecule has 0 aliphatic heterocycles. The number of amides is 1. The van der Waals surface area contributed by atoms with E-state index >= 15 is 0 Å². The summed E-state index contributed by atoms with van der Waals surface area (Å²) in [6.07, 6.45) is 2.44. The second kappa shape index (κ2) is 19.3. The van der Waals surface area contributed by atoms with Crippen molar-refractivity contribution in [3.05, 3.63) is 0 Å². The van der Waals surface area contributed by atoms with E-state index in [0.29, 0.717) is 51.9 Å². The lowest BCUT2D eigenvalue weighted by Gasteiger charge is -2.22. The Balaban J connectivity index is 3.70. The highest BCUT2D eigenvalue weighted by molar-refractivity contribution is 8.77. The van der Waals surface area contributed by atoms with E-state index in [1.807, 2.05) is 31.7 Å². The minimum Gasteiger partial charge on any atom is -0.379 e. The predicted octanol–water partition coefficient (Wildman–Crippen LogP) is 3.71. The van der Waals surface area contributed by atoms with Crippen LogP contribution in [0.5, 0.6) is 0 Å². The van der Waals surface area contributed by atoms with E-state index in [-0.39, 0.29) is 16.1 Å². The molecule has 1 atom stereocenters. The van der Waals surface area contributed by atoms with Crippen LogP contribution in [0.1, 0.15) is 53.9 Å². The molecule has 0 bridgehead atoms. The zero-order valence-electron chi connectivity index (χ0n) is 19.7. The van der Waals surface area contributed by atoms with Crippen molar-refractivity contribution >= 4 is 27.5 Å². The number of carbonyl (C=O) groups excluding carboxylic acids is 1. The first-order chi connectivity index (χ1) is 14.2. The molecular weight excluding hydrogens is 420 g/mol. The van der Waals surface area contributed by atoms with Crippen molar-refractivity contribution in [1.82, 2.24) is 10.6 Å². The van der Waals surface area contributed by atoms with Crippen LogP contribution < -0.4 is 10.6 Å². The first-order valence-corrected chi connectivity index (χ1v) is 13.0. The first kappa shape index (κ1) is 29.6. The van der Waals surface area contributed by atoms with Crippen molar-refractivity contribution in [2.75, 3.05) is 53.2 Å². The van der Waals surface area contributed by atoms with Gasteiger partial charge in [0.2, 0.25) is 5.91 Å². The first-order valence-electron chi connectivity index (χ1n) is 10.8. The Hall–Kier alpha value is -0.430. The third-order valence-electron chi connectivity index (χ3n) is 3.41. The van der Waals surface area contributed by atoms with Crippen LogP contribution in [0.15, 0.2) is 0 Å². The summed E-state index contributed by atoms with van der Waals surface area (Å²) in [5.41, 5.74) is 0.172. The Morgan fingerprint density at radius 1 is 1.07 bits per heavy atom. The molecule has 2 N–H and O–H groups in total. The van der Waals surface area contributed by atoms with Crippen molar-refractivity contribution < 1.29 is 19.0 Å². The molecule has 6 nitrogen and oxygen atoms in total. The Labute approximate surface area is 192 Å². The van der Waals surface area contributed by atoms with Gasteiger partial charge in [0.1, 0.15) is 5.44 Å². The fourth-order valence-electron chi connectivity index (χ4n) is 2.01. The number of rotatable bonds is 17. The summed E-state index contributed by atoms with van der Waals surface area (Å²) in [6.45, 7) is 14.5. The summed E-state index contributed by atoms with van der Waals surface area (Å²) < 4.78 is 17.2. The van der Waals surface area contributed by atoms with E-state index in [2.05, 4.69) is 43.2 Å². The molecule has 0 aliphatic rings. The lowest BCUT2D eigenvalue weighted by molar-refractivity contribution is -0.122. The Kier molecular flexibility index (Phi) is 19.0. The number of nitrogens with one attached hydrogen (secondary N) is 2. The molecule has 0 rings (SSSR count). The molecule has 8 heteroatoms. The quantitative estimate of drug-likeness (QED) is 0.148. The predicted molar refractivity (Wildman–Crippen MR) is 130 cm³/mol. The van der Waals surface area contributed by atoms with Gasteiger partial charge < -0.3 is 24.8 Å². The summed E-state index contributed by atoms with van der Waals surface area (Å²) >= 11 is 0. The molecule has 0 aromatic carbocycles. The SMILES string of the molecule is CNCCC[C@@H](OCCOCCOCCC(=O)NCC#CC(C)C)SSC(C)(C)C. The van der Waals surface area contributed by atoms with Crippen LogP contribution in [0.4, 0.5) is 0 Å². The zero-order valence-corrected chi connectivity index (χ0v) is 21.3. The lowest BCUT2D eigenvalue weighted by atomic mass is 10.2. The third-order valence-corrected chi connectivity index (χ3v) is 7.03. The van der Waals surface area contributed by atoms with E-state index in [9.17, 15) is 4.79 Å². The number of hydrogen-bond acceptors (Lipinski definition) is 7. The van der Waals surface area contributed by atoms with Gasteiger partial charge in [-0.1, -0.05) is 68.0 Å². The maximum absolute atomic E-state index is 11.6. The van der Waals surface area contributed by atoms with Crippen molar-refractivity contribution in [3.63, 3.8) is 0 Å². The van der Waals surface area contributed by atoms with Gasteiger partial charge in [0.15, 0.2) is 0 Å². The number of ether oxygens (including phenoxy) is 3.